The predicted molar refractivity (Wildman–Crippen MR) is 30.6 cm³/mol. The maximum atomic E-state index is 10.7. The first kappa shape index (κ1) is 4.54. The third-order valence-electron chi connectivity index (χ3n) is 1.36. The molecule has 0 fully saturated rings. The first-order valence-corrected chi connectivity index (χ1v) is 3.87. The Balaban J connectivity index is 2.20. The summed E-state index contributed by atoms with van der Waals surface area (Å²) in [5, 5.41) is 0. The van der Waals surface area contributed by atoms with Crippen LogP contribution in [0.4, 0.5) is 0 Å². The maximum Gasteiger partial charge on any atom is 0.318 e. The first-order chi connectivity index (χ1) is 3.89. The van der Waals surface area contributed by atoms with Gasteiger partial charge in [-0.05, 0) is 6.08 Å². The second-order valence-corrected chi connectivity index (χ2v) is 3.62. The molecule has 42 valence electrons. The molecule has 0 saturated heterocycles. The normalized spacial score (nSPS) is 36.4. The molecule has 0 N–H and O–H groups in total. The molecule has 0 amide bonds. The van der Waals surface area contributed by atoms with Crippen molar-refractivity contribution in [2.24, 2.45) is 0 Å². The Morgan fingerprint density at radius 2 is 2.75 bits per heavy atom. The smallest absolute Gasteiger partial charge is 0.318 e. The third-order valence-corrected chi connectivity index (χ3v) is 2.95. The fraction of sp³-hybridized carbons (Fsp3) is 0.400. The molecule has 0 bridgehead atoms. The van der Waals surface area contributed by atoms with Crippen molar-refractivity contribution in [1.29, 1.82) is 0 Å². The van der Waals surface area contributed by atoms with Crippen LogP contribution in [0.3, 0.4) is 0 Å². The summed E-state index contributed by atoms with van der Waals surface area (Å²) >= 11 is 0. The van der Waals surface area contributed by atoms with Crippen LogP contribution in [-0.4, -0.2) is 11.1 Å². The summed E-state index contributed by atoms with van der Waals surface area (Å²) in [6, 6.07) is 0. The Morgan fingerprint density at radius 1 is 1.88 bits per heavy atom. The fourth-order valence-electron chi connectivity index (χ4n) is 0.828. The van der Waals surface area contributed by atoms with Gasteiger partial charge in [0, 0.05) is 6.42 Å². The second kappa shape index (κ2) is 1.34. The predicted octanol–water partition coefficient (Wildman–Crippen LogP) is 0.190. The molecule has 2 rings (SSSR count). The molecule has 3 heteroatoms. The molecule has 0 aromatic rings. The summed E-state index contributed by atoms with van der Waals surface area (Å²) in [6.07, 6.45) is 4.45. The molecule has 2 aliphatic rings. The molecule has 0 saturated carbocycles. The topological polar surface area (TPSA) is 32.3 Å². The van der Waals surface area contributed by atoms with E-state index in [1.807, 2.05) is 6.08 Å². The number of allylic oxidation sites excluding steroid dienone is 1. The molecular weight excluding hydrogens is 123 g/mol. The van der Waals surface area contributed by atoms with E-state index in [1.54, 1.807) is 6.26 Å². The van der Waals surface area contributed by atoms with Crippen LogP contribution < -0.4 is 4.89 Å². The standard InChI is InChI=1S/C5H5O2P/c6-8-4-2-1-3-7-5(4)8/h1,3-4H,2H2. The van der Waals surface area contributed by atoms with E-state index in [0.29, 0.717) is 0 Å². The van der Waals surface area contributed by atoms with E-state index in [0.717, 1.165) is 11.9 Å². The van der Waals surface area contributed by atoms with Gasteiger partial charge in [0.05, 0.1) is 6.26 Å². The lowest BCUT2D eigenvalue weighted by atomic mass is 10.3. The second-order valence-electron chi connectivity index (χ2n) is 1.91. The zero-order valence-corrected chi connectivity index (χ0v) is 5.10. The summed E-state index contributed by atoms with van der Waals surface area (Å²) in [4.78, 5) is 10.7. The van der Waals surface area contributed by atoms with Crippen molar-refractivity contribution < 1.29 is 9.63 Å². The third kappa shape index (κ3) is 0.445. The fourth-order valence-corrected chi connectivity index (χ4v) is 2.01. The van der Waals surface area contributed by atoms with Gasteiger partial charge in [-0.3, -0.25) is 0 Å². The van der Waals surface area contributed by atoms with Crippen LogP contribution in [0, 0.1) is 0 Å². The molecular formula is C5H5O2P. The lowest BCUT2D eigenvalue weighted by Crippen LogP contribution is -2.01. The molecule has 2 atom stereocenters. The molecule has 0 spiro atoms. The van der Waals surface area contributed by atoms with Gasteiger partial charge in [-0.1, -0.05) is 0 Å². The van der Waals surface area contributed by atoms with E-state index in [2.05, 4.69) is 0 Å². The van der Waals surface area contributed by atoms with E-state index in [9.17, 15) is 4.89 Å². The molecule has 2 aliphatic heterocycles. The van der Waals surface area contributed by atoms with Gasteiger partial charge < -0.3 is 9.63 Å². The van der Waals surface area contributed by atoms with Crippen LogP contribution in [-0.2, 0) is 4.74 Å². The van der Waals surface area contributed by atoms with Crippen LogP contribution >= 0.6 is 7.77 Å². The number of rotatable bonds is 0. The molecule has 0 aliphatic carbocycles. The van der Waals surface area contributed by atoms with Crippen molar-refractivity contribution in [3.8, 4) is 0 Å². The van der Waals surface area contributed by atoms with E-state index < -0.39 is 7.77 Å². The molecule has 0 radical (unpaired) electrons. The summed E-state index contributed by atoms with van der Waals surface area (Å²) in [6.45, 7) is 0. The van der Waals surface area contributed by atoms with Crippen molar-refractivity contribution in [1.82, 2.24) is 0 Å². The Kier molecular flexibility index (Phi) is 0.758. The SMILES string of the molecule is [O-][P+]1=C2OC=CCC21. The van der Waals surface area contributed by atoms with Crippen LogP contribution in [0.1, 0.15) is 6.42 Å². The molecule has 0 aromatic heterocycles. The van der Waals surface area contributed by atoms with Gasteiger partial charge in [0.25, 0.3) is 0 Å². The summed E-state index contributed by atoms with van der Waals surface area (Å²) < 4.78 is 4.92. The van der Waals surface area contributed by atoms with Crippen LogP contribution in [0.2, 0.25) is 0 Å². The molecule has 2 nitrogen and oxygen atoms in total. The summed E-state index contributed by atoms with van der Waals surface area (Å²) in [5.41, 5.74) is 1.09. The highest BCUT2D eigenvalue weighted by atomic mass is 31.1. The zero-order valence-electron chi connectivity index (χ0n) is 4.20. The van der Waals surface area contributed by atoms with Crippen molar-refractivity contribution in [2.45, 2.75) is 12.1 Å². The average Bonchev–Trinajstić information content (AvgIpc) is 2.46. The van der Waals surface area contributed by atoms with E-state index >= 15 is 0 Å². The van der Waals surface area contributed by atoms with E-state index in [4.69, 9.17) is 4.74 Å². The number of ether oxygens (including phenoxy) is 1. The average molecular weight is 128 g/mol. The Bertz CT molecular complexity index is 183. The van der Waals surface area contributed by atoms with Gasteiger partial charge >= 0.3 is 5.48 Å². The van der Waals surface area contributed by atoms with Crippen molar-refractivity contribution in [3.63, 3.8) is 0 Å². The largest absolute Gasteiger partial charge is 0.627 e. The highest BCUT2D eigenvalue weighted by Crippen LogP contribution is 2.45. The van der Waals surface area contributed by atoms with Gasteiger partial charge in [-0.15, -0.1) is 0 Å². The van der Waals surface area contributed by atoms with E-state index in [-0.39, 0.29) is 5.66 Å². The monoisotopic (exact) mass is 128 g/mol. The lowest BCUT2D eigenvalue weighted by molar-refractivity contribution is -0.150. The van der Waals surface area contributed by atoms with Gasteiger partial charge in [0.2, 0.25) is 5.66 Å². The first-order valence-electron chi connectivity index (χ1n) is 2.54. The summed E-state index contributed by atoms with van der Waals surface area (Å²) in [5.74, 6) is 0. The van der Waals surface area contributed by atoms with E-state index in [1.165, 1.54) is 0 Å². The van der Waals surface area contributed by atoms with Gasteiger partial charge in [0.1, 0.15) is 7.77 Å². The van der Waals surface area contributed by atoms with Gasteiger partial charge in [-0.25, -0.2) is 0 Å². The van der Waals surface area contributed by atoms with Gasteiger partial charge in [0.15, 0.2) is 0 Å². The van der Waals surface area contributed by atoms with Crippen molar-refractivity contribution in [2.75, 3.05) is 0 Å². The molecule has 2 unspecified atom stereocenters. The minimum absolute atomic E-state index is 0.287. The molecule has 0 aromatic carbocycles. The zero-order chi connectivity index (χ0) is 5.56. The minimum atomic E-state index is -1.05. The highest BCUT2D eigenvalue weighted by molar-refractivity contribution is 7.64. The Labute approximate surface area is 48.2 Å². The number of fused-ring (bicyclic) bond motifs is 1. The van der Waals surface area contributed by atoms with Crippen molar-refractivity contribution in [3.05, 3.63) is 12.3 Å². The minimum Gasteiger partial charge on any atom is -0.627 e. The van der Waals surface area contributed by atoms with Crippen LogP contribution in [0.15, 0.2) is 12.3 Å². The Hall–Kier alpha value is -0.330. The quantitative estimate of drug-likeness (QED) is 0.436. The molecule has 2 heterocycles. The van der Waals surface area contributed by atoms with Crippen LogP contribution in [0.5, 0.6) is 0 Å². The summed E-state index contributed by atoms with van der Waals surface area (Å²) in [7, 11) is -1.05. The number of hydrogen-bond acceptors (Lipinski definition) is 2. The number of hydrogen-bond donors (Lipinski definition) is 0. The maximum absolute atomic E-state index is 10.7. The highest BCUT2D eigenvalue weighted by Gasteiger charge is 2.47. The molecule has 8 heavy (non-hydrogen) atoms. The van der Waals surface area contributed by atoms with Crippen LogP contribution in [0.25, 0.3) is 0 Å². The van der Waals surface area contributed by atoms with Crippen molar-refractivity contribution >= 4 is 13.3 Å². The van der Waals surface area contributed by atoms with Gasteiger partial charge in [-0.2, -0.15) is 0 Å². The lowest BCUT2D eigenvalue weighted by Gasteiger charge is -1.92. The Morgan fingerprint density at radius 3 is 3.25 bits per heavy atom.